The molecule has 0 radical (unpaired) electrons. The van der Waals surface area contributed by atoms with E-state index < -0.39 is 24.1 Å². The van der Waals surface area contributed by atoms with Gasteiger partial charge < -0.3 is 20.2 Å². The molecule has 0 bridgehead atoms. The van der Waals surface area contributed by atoms with Crippen molar-refractivity contribution in [1.29, 1.82) is 0 Å². The second-order valence-corrected chi connectivity index (χ2v) is 9.37. The van der Waals surface area contributed by atoms with Crippen LogP contribution in [0.1, 0.15) is 48.0 Å². The summed E-state index contributed by atoms with van der Waals surface area (Å²) in [7, 11) is 0. The summed E-state index contributed by atoms with van der Waals surface area (Å²) >= 11 is 1.54. The standard InChI is InChI=1S/C21H25N3O5S/c1-11(2)16(19(27)23-9-5-8-14(23)21(28)29)22-17(25)15-10-30-20-13-7-4-3-6-12(13)18(26)24(15)20/h3-4,6-7,11,14-16,20H,5,8-10H2,1-2H3,(H,22,25)(H,28,29). The summed E-state index contributed by atoms with van der Waals surface area (Å²) in [4.78, 5) is 53.5. The van der Waals surface area contributed by atoms with Crippen LogP contribution in [0.5, 0.6) is 0 Å². The lowest BCUT2D eigenvalue weighted by Crippen LogP contribution is -2.57. The molecule has 2 saturated heterocycles. The number of hydrogen-bond acceptors (Lipinski definition) is 5. The zero-order chi connectivity index (χ0) is 21.6. The molecule has 3 aliphatic heterocycles. The highest BCUT2D eigenvalue weighted by Crippen LogP contribution is 2.48. The zero-order valence-corrected chi connectivity index (χ0v) is 17.7. The quantitative estimate of drug-likeness (QED) is 0.731. The van der Waals surface area contributed by atoms with Gasteiger partial charge in [-0.2, -0.15) is 0 Å². The lowest BCUT2D eigenvalue weighted by Gasteiger charge is -2.31. The molecule has 30 heavy (non-hydrogen) atoms. The number of nitrogens with zero attached hydrogens (tertiary/aromatic N) is 2. The molecule has 0 spiro atoms. The number of carboxylic acids is 1. The van der Waals surface area contributed by atoms with Crippen LogP contribution in [0.2, 0.25) is 0 Å². The van der Waals surface area contributed by atoms with Crippen LogP contribution in [0.4, 0.5) is 0 Å². The van der Waals surface area contributed by atoms with E-state index in [9.17, 15) is 24.3 Å². The van der Waals surface area contributed by atoms with Crippen molar-refractivity contribution in [3.8, 4) is 0 Å². The summed E-state index contributed by atoms with van der Waals surface area (Å²) < 4.78 is 0. The number of carbonyl (C=O) groups excluding carboxylic acids is 3. The third kappa shape index (κ3) is 3.34. The van der Waals surface area contributed by atoms with E-state index >= 15 is 0 Å². The Hall–Kier alpha value is -2.55. The highest BCUT2D eigenvalue weighted by molar-refractivity contribution is 7.99. The Bertz CT molecular complexity index is 904. The highest BCUT2D eigenvalue weighted by Gasteiger charge is 2.49. The Morgan fingerprint density at radius 2 is 1.93 bits per heavy atom. The number of carbonyl (C=O) groups is 4. The van der Waals surface area contributed by atoms with E-state index in [0.29, 0.717) is 30.7 Å². The lowest BCUT2D eigenvalue weighted by atomic mass is 10.0. The summed E-state index contributed by atoms with van der Waals surface area (Å²) in [6.07, 6.45) is 1.05. The van der Waals surface area contributed by atoms with Crippen LogP contribution in [0.3, 0.4) is 0 Å². The van der Waals surface area contributed by atoms with E-state index in [-0.39, 0.29) is 29.0 Å². The molecule has 4 rings (SSSR count). The molecule has 0 saturated carbocycles. The third-order valence-corrected chi connectivity index (χ3v) is 7.35. The first kappa shape index (κ1) is 20.7. The molecule has 3 amide bonds. The molecule has 2 fully saturated rings. The molecule has 0 aliphatic carbocycles. The Kier molecular flexibility index (Phi) is 5.48. The van der Waals surface area contributed by atoms with Gasteiger partial charge in [-0.15, -0.1) is 11.8 Å². The highest BCUT2D eigenvalue weighted by atomic mass is 32.2. The topological polar surface area (TPSA) is 107 Å². The summed E-state index contributed by atoms with van der Waals surface area (Å²) in [5, 5.41) is 12.0. The van der Waals surface area contributed by atoms with Crippen molar-refractivity contribution in [2.45, 2.75) is 50.2 Å². The van der Waals surface area contributed by atoms with Crippen molar-refractivity contribution >= 4 is 35.5 Å². The summed E-state index contributed by atoms with van der Waals surface area (Å²) in [6, 6.07) is 5.02. The molecule has 4 unspecified atom stereocenters. The molecule has 160 valence electrons. The second-order valence-electron chi connectivity index (χ2n) is 8.26. The fourth-order valence-corrected chi connectivity index (χ4v) is 5.94. The average Bonchev–Trinajstić information content (AvgIpc) is 3.42. The molecular formula is C21H25N3O5S. The Balaban J connectivity index is 1.50. The maximum absolute atomic E-state index is 13.1. The average molecular weight is 432 g/mol. The Morgan fingerprint density at radius 3 is 2.63 bits per heavy atom. The van der Waals surface area contributed by atoms with Crippen molar-refractivity contribution in [3.63, 3.8) is 0 Å². The van der Waals surface area contributed by atoms with Crippen molar-refractivity contribution < 1.29 is 24.3 Å². The minimum atomic E-state index is -1.02. The van der Waals surface area contributed by atoms with Crippen LogP contribution < -0.4 is 5.32 Å². The number of fused-ring (bicyclic) bond motifs is 3. The van der Waals surface area contributed by atoms with Gasteiger partial charge in [0.05, 0.1) is 0 Å². The van der Waals surface area contributed by atoms with Crippen molar-refractivity contribution in [1.82, 2.24) is 15.1 Å². The number of hydrogen-bond donors (Lipinski definition) is 2. The molecule has 3 heterocycles. The number of benzene rings is 1. The minimum absolute atomic E-state index is 0.168. The predicted octanol–water partition coefficient (Wildman–Crippen LogP) is 1.47. The normalized spacial score (nSPS) is 26.0. The first-order chi connectivity index (χ1) is 14.3. The number of carboxylic acid groups (broad SMARTS) is 1. The SMILES string of the molecule is CC(C)C(NC(=O)C1CSC2c3ccccc3C(=O)N12)C(=O)N1CCCC1C(=O)O. The van der Waals surface area contributed by atoms with E-state index in [4.69, 9.17) is 0 Å². The first-order valence-corrected chi connectivity index (χ1v) is 11.2. The predicted molar refractivity (Wildman–Crippen MR) is 111 cm³/mol. The molecule has 1 aromatic rings. The van der Waals surface area contributed by atoms with E-state index in [1.165, 1.54) is 4.90 Å². The van der Waals surface area contributed by atoms with Crippen LogP contribution in [0.15, 0.2) is 24.3 Å². The van der Waals surface area contributed by atoms with Crippen LogP contribution in [0, 0.1) is 5.92 Å². The number of amides is 3. The van der Waals surface area contributed by atoms with E-state index in [2.05, 4.69) is 5.32 Å². The summed E-state index contributed by atoms with van der Waals surface area (Å²) in [5.74, 6) is -1.70. The molecule has 1 aromatic carbocycles. The minimum Gasteiger partial charge on any atom is -0.480 e. The van der Waals surface area contributed by atoms with Crippen molar-refractivity contribution in [2.75, 3.05) is 12.3 Å². The molecule has 9 heteroatoms. The monoisotopic (exact) mass is 431 g/mol. The molecule has 2 N–H and O–H groups in total. The van der Waals surface area contributed by atoms with Crippen LogP contribution in [-0.2, 0) is 14.4 Å². The fourth-order valence-electron chi connectivity index (χ4n) is 4.47. The van der Waals surface area contributed by atoms with Crippen molar-refractivity contribution in [3.05, 3.63) is 35.4 Å². The number of thioether (sulfide) groups is 1. The van der Waals surface area contributed by atoms with Crippen LogP contribution in [0.25, 0.3) is 0 Å². The number of rotatable bonds is 5. The summed E-state index contributed by atoms with van der Waals surface area (Å²) in [5.41, 5.74) is 1.53. The van der Waals surface area contributed by atoms with Gasteiger partial charge in [-0.3, -0.25) is 14.4 Å². The molecule has 0 aromatic heterocycles. The smallest absolute Gasteiger partial charge is 0.326 e. The van der Waals surface area contributed by atoms with Crippen molar-refractivity contribution in [2.24, 2.45) is 5.92 Å². The third-order valence-electron chi connectivity index (χ3n) is 6.05. The van der Waals surface area contributed by atoms with Gasteiger partial charge in [0.25, 0.3) is 5.91 Å². The van der Waals surface area contributed by atoms with Gasteiger partial charge in [-0.05, 0) is 30.4 Å². The van der Waals surface area contributed by atoms with E-state index in [0.717, 1.165) is 5.56 Å². The van der Waals surface area contributed by atoms with Gasteiger partial charge >= 0.3 is 5.97 Å². The number of likely N-dealkylation sites (tertiary alicyclic amines) is 1. The van der Waals surface area contributed by atoms with Crippen LogP contribution >= 0.6 is 11.8 Å². The largest absolute Gasteiger partial charge is 0.480 e. The Morgan fingerprint density at radius 1 is 1.20 bits per heavy atom. The van der Waals surface area contributed by atoms with E-state index in [1.807, 2.05) is 26.0 Å². The lowest BCUT2D eigenvalue weighted by molar-refractivity contribution is -0.150. The molecular weight excluding hydrogens is 406 g/mol. The van der Waals surface area contributed by atoms with E-state index in [1.54, 1.807) is 28.8 Å². The number of nitrogens with one attached hydrogen (secondary N) is 1. The molecule has 3 aliphatic rings. The molecule has 8 nitrogen and oxygen atoms in total. The molecule has 4 atom stereocenters. The second kappa shape index (κ2) is 7.94. The van der Waals surface area contributed by atoms with Gasteiger partial charge in [0.1, 0.15) is 23.5 Å². The van der Waals surface area contributed by atoms with Gasteiger partial charge in [-0.25, -0.2) is 4.79 Å². The Labute approximate surface area is 179 Å². The first-order valence-electron chi connectivity index (χ1n) is 10.2. The fraction of sp³-hybridized carbons (Fsp3) is 0.524. The van der Waals surface area contributed by atoms with Gasteiger partial charge in [0, 0.05) is 17.9 Å². The maximum atomic E-state index is 13.1. The van der Waals surface area contributed by atoms with Gasteiger partial charge in [0.2, 0.25) is 11.8 Å². The van der Waals surface area contributed by atoms with Crippen LogP contribution in [-0.4, -0.2) is 69.0 Å². The number of aliphatic carboxylic acids is 1. The van der Waals surface area contributed by atoms with Gasteiger partial charge in [-0.1, -0.05) is 32.0 Å². The summed E-state index contributed by atoms with van der Waals surface area (Å²) in [6.45, 7) is 4.01. The van der Waals surface area contributed by atoms with Gasteiger partial charge in [0.15, 0.2) is 0 Å². The maximum Gasteiger partial charge on any atom is 0.326 e. The zero-order valence-electron chi connectivity index (χ0n) is 16.9.